The summed E-state index contributed by atoms with van der Waals surface area (Å²) in [6.07, 6.45) is -6.15. The lowest BCUT2D eigenvalue weighted by atomic mass is 9.65. The first-order valence-corrected chi connectivity index (χ1v) is 13.0. The summed E-state index contributed by atoms with van der Waals surface area (Å²) in [7, 11) is 5.34. The molecule has 8 nitrogen and oxygen atoms in total. The van der Waals surface area contributed by atoms with Crippen molar-refractivity contribution in [3.63, 3.8) is 0 Å². The number of fused-ring (bicyclic) bond motifs is 1. The van der Waals surface area contributed by atoms with Crippen molar-refractivity contribution in [2.75, 3.05) is 33.1 Å². The van der Waals surface area contributed by atoms with Crippen LogP contribution in [-0.2, 0) is 16.4 Å². The van der Waals surface area contributed by atoms with E-state index in [2.05, 4.69) is 34.7 Å². The van der Waals surface area contributed by atoms with Crippen LogP contribution in [0.1, 0.15) is 42.4 Å². The monoisotopic (exact) mass is 605 g/mol. The summed E-state index contributed by atoms with van der Waals surface area (Å²) < 4.78 is 82.1. The number of anilines is 1. The number of ether oxygens (including phenoxy) is 2. The molecule has 2 amide bonds. The number of urea groups is 1. The number of carboxylic acid groups (broad SMARTS) is 1. The quantitative estimate of drug-likeness (QED) is 0.363. The zero-order valence-electron chi connectivity index (χ0n) is 23.4. The molecule has 232 valence electrons. The number of likely N-dealkylation sites (N-methyl/N-ethyl adjacent to an activating group) is 1. The third-order valence-electron chi connectivity index (χ3n) is 7.73. The Bertz CT molecular complexity index is 1290. The van der Waals surface area contributed by atoms with Crippen LogP contribution < -0.4 is 20.1 Å². The standard InChI is InChI=1S/C26H32F3N3O3.C2HF3O2/c1-16-11-18(26(27,28)29)13-20(12-16)31-24(33)30-19-7-8-25(9-10-32(2)23(25)15-19)17-5-6-21(34-3)22(14-17)35-4;3-2(4,5)1(6)7/h5-6,11-14,19,23H,7-10,15H2,1-4H3,(H2,30,31,33);(H,6,7)/t19-,23+,25+;/m1./s1. The molecular weight excluding hydrogens is 572 g/mol. The van der Waals surface area contributed by atoms with Crippen LogP contribution in [0.25, 0.3) is 0 Å². The minimum absolute atomic E-state index is 0.0545. The average Bonchev–Trinajstić information content (AvgIpc) is 3.24. The van der Waals surface area contributed by atoms with Gasteiger partial charge in [0.1, 0.15) is 0 Å². The van der Waals surface area contributed by atoms with Crippen molar-refractivity contribution in [1.29, 1.82) is 0 Å². The Morgan fingerprint density at radius 1 is 1.00 bits per heavy atom. The fraction of sp³-hybridized carbons (Fsp3) is 0.500. The van der Waals surface area contributed by atoms with Crippen molar-refractivity contribution in [3.05, 3.63) is 53.1 Å². The topological polar surface area (TPSA) is 100 Å². The summed E-state index contributed by atoms with van der Waals surface area (Å²) in [5.74, 6) is -1.37. The number of methoxy groups -OCH3 is 2. The van der Waals surface area contributed by atoms with Gasteiger partial charge < -0.3 is 30.1 Å². The van der Waals surface area contributed by atoms with Crippen LogP contribution in [0.4, 0.5) is 36.8 Å². The molecule has 2 aliphatic rings. The molecule has 42 heavy (non-hydrogen) atoms. The second-order valence-corrected chi connectivity index (χ2v) is 10.4. The number of benzene rings is 2. The lowest BCUT2D eigenvalue weighted by Crippen LogP contribution is -2.52. The summed E-state index contributed by atoms with van der Waals surface area (Å²) in [4.78, 5) is 23.9. The highest BCUT2D eigenvalue weighted by Gasteiger charge is 2.50. The van der Waals surface area contributed by atoms with Crippen molar-refractivity contribution in [2.45, 2.75) is 62.5 Å². The zero-order chi connectivity index (χ0) is 31.5. The smallest absolute Gasteiger partial charge is 0.490 e. The first-order chi connectivity index (χ1) is 19.5. The maximum absolute atomic E-state index is 13.1. The van der Waals surface area contributed by atoms with E-state index in [1.165, 1.54) is 11.6 Å². The first-order valence-electron chi connectivity index (χ1n) is 13.0. The Kier molecular flexibility index (Phi) is 9.91. The van der Waals surface area contributed by atoms with Gasteiger partial charge >= 0.3 is 24.4 Å². The third-order valence-corrected chi connectivity index (χ3v) is 7.73. The number of nitrogens with zero attached hydrogens (tertiary/aromatic N) is 1. The van der Waals surface area contributed by atoms with E-state index in [-0.39, 0.29) is 23.2 Å². The van der Waals surface area contributed by atoms with Crippen LogP contribution in [0, 0.1) is 6.92 Å². The lowest BCUT2D eigenvalue weighted by Gasteiger charge is -2.45. The number of likely N-dealkylation sites (tertiary alicyclic amines) is 1. The number of amides is 2. The van der Waals surface area contributed by atoms with Gasteiger partial charge in [0, 0.05) is 23.2 Å². The van der Waals surface area contributed by atoms with E-state index in [1.807, 2.05) is 6.07 Å². The molecule has 1 aliphatic heterocycles. The van der Waals surface area contributed by atoms with Crippen molar-refractivity contribution in [1.82, 2.24) is 10.2 Å². The van der Waals surface area contributed by atoms with Crippen LogP contribution >= 0.6 is 0 Å². The molecule has 4 rings (SSSR count). The SMILES string of the molecule is COc1ccc([C@@]23CC[C@@H](NC(=O)Nc4cc(C)cc(C(F)(F)F)c4)C[C@@H]2N(C)CC3)cc1OC.O=C(O)C(F)(F)F. The van der Waals surface area contributed by atoms with Crippen LogP contribution in [0.2, 0.25) is 0 Å². The first kappa shape index (κ1) is 32.8. The lowest BCUT2D eigenvalue weighted by molar-refractivity contribution is -0.192. The number of aliphatic carboxylic acids is 1. The molecule has 14 heteroatoms. The Balaban J connectivity index is 0.000000616. The molecule has 0 unspecified atom stereocenters. The highest BCUT2D eigenvalue weighted by Crippen LogP contribution is 2.50. The average molecular weight is 606 g/mol. The van der Waals surface area contributed by atoms with Crippen molar-refractivity contribution in [2.24, 2.45) is 0 Å². The molecule has 1 saturated heterocycles. The molecule has 0 bridgehead atoms. The van der Waals surface area contributed by atoms with Gasteiger partial charge in [-0.3, -0.25) is 0 Å². The van der Waals surface area contributed by atoms with Gasteiger partial charge in [-0.05, 0) is 87.7 Å². The van der Waals surface area contributed by atoms with Crippen LogP contribution in [-0.4, -0.2) is 68.1 Å². The molecule has 3 N–H and O–H groups in total. The highest BCUT2D eigenvalue weighted by atomic mass is 19.4. The molecule has 1 saturated carbocycles. The number of alkyl halides is 6. The summed E-state index contributed by atoms with van der Waals surface area (Å²) in [5.41, 5.74) is 0.925. The Labute approximate surface area is 239 Å². The van der Waals surface area contributed by atoms with E-state index in [1.54, 1.807) is 21.1 Å². The molecule has 0 radical (unpaired) electrons. The van der Waals surface area contributed by atoms with Gasteiger partial charge in [0.25, 0.3) is 0 Å². The Morgan fingerprint density at radius 2 is 1.64 bits per heavy atom. The van der Waals surface area contributed by atoms with Crippen molar-refractivity contribution < 1.29 is 50.5 Å². The van der Waals surface area contributed by atoms with Gasteiger partial charge in [0.2, 0.25) is 0 Å². The minimum Gasteiger partial charge on any atom is -0.493 e. The van der Waals surface area contributed by atoms with E-state index in [9.17, 15) is 31.1 Å². The van der Waals surface area contributed by atoms with Gasteiger partial charge in [-0.1, -0.05) is 6.07 Å². The van der Waals surface area contributed by atoms with Crippen molar-refractivity contribution in [3.8, 4) is 11.5 Å². The number of carbonyl (C=O) groups is 2. The van der Waals surface area contributed by atoms with Gasteiger partial charge in [0.05, 0.1) is 19.8 Å². The number of nitrogens with one attached hydrogen (secondary N) is 2. The fourth-order valence-electron chi connectivity index (χ4n) is 5.77. The van der Waals surface area contributed by atoms with Crippen LogP contribution in [0.15, 0.2) is 36.4 Å². The zero-order valence-corrected chi connectivity index (χ0v) is 23.4. The molecule has 2 fully saturated rings. The number of halogens is 6. The second kappa shape index (κ2) is 12.7. The highest BCUT2D eigenvalue weighted by molar-refractivity contribution is 5.89. The Morgan fingerprint density at radius 3 is 2.21 bits per heavy atom. The number of carbonyl (C=O) groups excluding carboxylic acids is 1. The minimum atomic E-state index is -5.08. The van der Waals surface area contributed by atoms with E-state index >= 15 is 0 Å². The van der Waals surface area contributed by atoms with Gasteiger partial charge in [0.15, 0.2) is 11.5 Å². The number of rotatable bonds is 5. The van der Waals surface area contributed by atoms with E-state index in [4.69, 9.17) is 19.4 Å². The maximum atomic E-state index is 13.1. The number of hydrogen-bond acceptors (Lipinski definition) is 5. The molecule has 0 aromatic heterocycles. The number of hydrogen-bond donors (Lipinski definition) is 3. The molecule has 3 atom stereocenters. The number of aryl methyl sites for hydroxylation is 1. The molecule has 2 aromatic carbocycles. The predicted molar refractivity (Wildman–Crippen MR) is 142 cm³/mol. The molecule has 2 aromatic rings. The van der Waals surface area contributed by atoms with E-state index < -0.39 is 29.9 Å². The normalized spacial score (nSPS) is 22.3. The molecule has 0 spiro atoms. The maximum Gasteiger partial charge on any atom is 0.490 e. The van der Waals surface area contributed by atoms with Crippen LogP contribution in [0.3, 0.4) is 0 Å². The third kappa shape index (κ3) is 7.58. The van der Waals surface area contributed by atoms with Gasteiger partial charge in [-0.2, -0.15) is 26.3 Å². The van der Waals surface area contributed by atoms with E-state index in [0.29, 0.717) is 17.1 Å². The summed E-state index contributed by atoms with van der Waals surface area (Å²) >= 11 is 0. The van der Waals surface area contributed by atoms with Gasteiger partial charge in [-0.15, -0.1) is 0 Å². The van der Waals surface area contributed by atoms with Gasteiger partial charge in [-0.25, -0.2) is 9.59 Å². The largest absolute Gasteiger partial charge is 0.493 e. The van der Waals surface area contributed by atoms with E-state index in [0.717, 1.165) is 44.4 Å². The fourth-order valence-corrected chi connectivity index (χ4v) is 5.77. The number of carboxylic acids is 1. The van der Waals surface area contributed by atoms with Crippen LogP contribution in [0.5, 0.6) is 11.5 Å². The summed E-state index contributed by atoms with van der Waals surface area (Å²) in [6.45, 7) is 2.52. The summed E-state index contributed by atoms with van der Waals surface area (Å²) in [5, 5.41) is 12.7. The van der Waals surface area contributed by atoms with Crippen molar-refractivity contribution >= 4 is 17.7 Å². The predicted octanol–water partition coefficient (Wildman–Crippen LogP) is 5.98. The molecular formula is C28H33F6N3O5. The summed E-state index contributed by atoms with van der Waals surface area (Å²) in [6, 6.07) is 9.29. The molecule has 1 heterocycles. The molecule has 1 aliphatic carbocycles. The Hall–Kier alpha value is -3.68. The second-order valence-electron chi connectivity index (χ2n) is 10.4.